The van der Waals surface area contributed by atoms with Crippen LogP contribution in [0.2, 0.25) is 0 Å². The molecule has 17 heavy (non-hydrogen) atoms. The molecule has 0 radical (unpaired) electrons. The number of fused-ring (bicyclic) bond motifs is 1. The molecule has 0 atom stereocenters. The molecule has 0 saturated carbocycles. The van der Waals surface area contributed by atoms with Crippen molar-refractivity contribution < 1.29 is 9.53 Å². The fourth-order valence-electron chi connectivity index (χ4n) is 1.50. The molecule has 0 aromatic carbocycles. The third-order valence-electron chi connectivity index (χ3n) is 2.23. The van der Waals surface area contributed by atoms with Gasteiger partial charge in [0.25, 0.3) is 0 Å². The van der Waals surface area contributed by atoms with Crippen molar-refractivity contribution in [2.45, 2.75) is 32.9 Å². The summed E-state index contributed by atoms with van der Waals surface area (Å²) in [6.45, 7) is 6.52. The van der Waals surface area contributed by atoms with Crippen molar-refractivity contribution in [3.63, 3.8) is 0 Å². The molecular weight excluding hydrogens is 220 g/mol. The van der Waals surface area contributed by atoms with Gasteiger partial charge in [0.05, 0.1) is 18.4 Å². The highest BCUT2D eigenvalue weighted by molar-refractivity contribution is 5.68. The summed E-state index contributed by atoms with van der Waals surface area (Å²) in [6.07, 6.45) is 4.98. The lowest BCUT2D eigenvalue weighted by Crippen LogP contribution is -2.36. The van der Waals surface area contributed by atoms with Crippen LogP contribution in [0.15, 0.2) is 12.3 Å². The molecule has 1 aromatic heterocycles. The van der Waals surface area contributed by atoms with Gasteiger partial charge < -0.3 is 4.74 Å². The van der Waals surface area contributed by atoms with Crippen molar-refractivity contribution in [1.82, 2.24) is 19.9 Å². The Morgan fingerprint density at radius 3 is 2.94 bits per heavy atom. The first-order valence-corrected chi connectivity index (χ1v) is 5.49. The van der Waals surface area contributed by atoms with E-state index in [1.807, 2.05) is 26.8 Å². The van der Waals surface area contributed by atoms with Crippen molar-refractivity contribution in [3.05, 3.63) is 18.0 Å². The lowest BCUT2D eigenvalue weighted by atomic mass is 10.2. The number of aromatic nitrogens is 3. The van der Waals surface area contributed by atoms with Crippen LogP contribution in [0.3, 0.4) is 0 Å². The monoisotopic (exact) mass is 236 g/mol. The summed E-state index contributed by atoms with van der Waals surface area (Å²) in [6, 6.07) is 0. The van der Waals surface area contributed by atoms with Crippen LogP contribution >= 0.6 is 0 Å². The Balaban J connectivity index is 2.10. The number of rotatable bonds is 0. The summed E-state index contributed by atoms with van der Waals surface area (Å²) < 4.78 is 6.98. The Hall–Kier alpha value is -1.85. The third kappa shape index (κ3) is 2.83. The van der Waals surface area contributed by atoms with Crippen LogP contribution < -0.4 is 0 Å². The molecule has 0 fully saturated rings. The van der Waals surface area contributed by atoms with E-state index in [2.05, 4.69) is 10.3 Å². The molecule has 0 bridgehead atoms. The molecule has 0 spiro atoms. The Bertz CT molecular complexity index is 445. The lowest BCUT2D eigenvalue weighted by molar-refractivity contribution is 0.0256. The number of carbonyl (C=O) groups excluding carboxylic acids is 1. The van der Waals surface area contributed by atoms with Gasteiger partial charge in [0.1, 0.15) is 5.60 Å². The van der Waals surface area contributed by atoms with E-state index in [0.717, 1.165) is 5.69 Å². The first-order valence-electron chi connectivity index (χ1n) is 5.49. The molecule has 1 aliphatic heterocycles. The zero-order chi connectivity index (χ0) is 12.5. The van der Waals surface area contributed by atoms with Crippen molar-refractivity contribution >= 4 is 12.3 Å². The summed E-state index contributed by atoms with van der Waals surface area (Å²) in [5.41, 5.74) is 0.385. The van der Waals surface area contributed by atoms with E-state index in [4.69, 9.17) is 4.74 Å². The first kappa shape index (κ1) is 11.6. The van der Waals surface area contributed by atoms with Gasteiger partial charge in [-0.15, -0.1) is 5.10 Å². The fraction of sp³-hybridized carbons (Fsp3) is 0.545. The quantitative estimate of drug-likeness (QED) is 0.685. The molecule has 1 aromatic rings. The van der Waals surface area contributed by atoms with Gasteiger partial charge in [0.2, 0.25) is 0 Å². The highest BCUT2D eigenvalue weighted by Gasteiger charge is 2.23. The highest BCUT2D eigenvalue weighted by atomic mass is 16.6. The van der Waals surface area contributed by atoms with Crippen molar-refractivity contribution in [2.24, 2.45) is 0 Å². The van der Waals surface area contributed by atoms with Crippen LogP contribution in [-0.2, 0) is 11.3 Å². The van der Waals surface area contributed by atoms with E-state index in [1.54, 1.807) is 22.0 Å². The van der Waals surface area contributed by atoms with E-state index < -0.39 is 5.60 Å². The molecule has 0 saturated heterocycles. The van der Waals surface area contributed by atoms with Crippen LogP contribution in [0.5, 0.6) is 0 Å². The van der Waals surface area contributed by atoms with E-state index >= 15 is 0 Å². The molecule has 92 valence electrons. The van der Waals surface area contributed by atoms with Gasteiger partial charge in [0, 0.05) is 12.7 Å². The summed E-state index contributed by atoms with van der Waals surface area (Å²) in [5.74, 6) is 0. The summed E-state index contributed by atoms with van der Waals surface area (Å²) >= 11 is 0. The largest absolute Gasteiger partial charge is 0.444 e. The van der Waals surface area contributed by atoms with E-state index in [-0.39, 0.29) is 6.09 Å². The normalized spacial score (nSPS) is 15.4. The maximum Gasteiger partial charge on any atom is 0.410 e. The van der Waals surface area contributed by atoms with Crippen molar-refractivity contribution in [2.75, 3.05) is 6.54 Å². The molecule has 2 heterocycles. The minimum atomic E-state index is -0.481. The second-order valence-electron chi connectivity index (χ2n) is 4.92. The molecule has 6 nitrogen and oxygen atoms in total. The zero-order valence-corrected chi connectivity index (χ0v) is 10.3. The molecule has 0 aliphatic carbocycles. The fourth-order valence-corrected chi connectivity index (χ4v) is 1.50. The minimum Gasteiger partial charge on any atom is -0.444 e. The van der Waals surface area contributed by atoms with E-state index in [0.29, 0.717) is 13.1 Å². The maximum absolute atomic E-state index is 11.9. The lowest BCUT2D eigenvalue weighted by Gasteiger charge is -2.25. The van der Waals surface area contributed by atoms with Crippen LogP contribution in [0.25, 0.3) is 6.20 Å². The zero-order valence-electron chi connectivity index (χ0n) is 10.3. The number of carbonyl (C=O) groups is 1. The number of amides is 1. The van der Waals surface area contributed by atoms with Gasteiger partial charge in [-0.25, -0.2) is 9.48 Å². The number of nitrogens with zero attached hydrogens (tertiary/aromatic N) is 4. The molecule has 2 rings (SSSR count). The van der Waals surface area contributed by atoms with Gasteiger partial charge in [-0.1, -0.05) is 5.21 Å². The minimum absolute atomic E-state index is 0.322. The van der Waals surface area contributed by atoms with Crippen LogP contribution in [0.1, 0.15) is 26.5 Å². The van der Waals surface area contributed by atoms with Gasteiger partial charge >= 0.3 is 6.09 Å². The average Bonchev–Trinajstić information content (AvgIpc) is 2.53. The number of ether oxygens (including phenoxy) is 1. The van der Waals surface area contributed by atoms with E-state index in [1.165, 1.54) is 0 Å². The van der Waals surface area contributed by atoms with Crippen LogP contribution in [0.4, 0.5) is 4.79 Å². The molecule has 1 aliphatic rings. The second kappa shape index (κ2) is 4.20. The Labute approximate surface area is 99.9 Å². The van der Waals surface area contributed by atoms with Crippen LogP contribution in [0, 0.1) is 0 Å². The van der Waals surface area contributed by atoms with Gasteiger partial charge in [-0.2, -0.15) is 0 Å². The molecule has 0 unspecified atom stereocenters. The average molecular weight is 236 g/mol. The molecular formula is C11H16N4O2. The summed E-state index contributed by atoms with van der Waals surface area (Å²) in [4.78, 5) is 13.5. The summed E-state index contributed by atoms with van der Waals surface area (Å²) in [7, 11) is 0. The number of hydrogen-bond acceptors (Lipinski definition) is 4. The highest BCUT2D eigenvalue weighted by Crippen LogP contribution is 2.14. The maximum atomic E-state index is 11.9. The van der Waals surface area contributed by atoms with E-state index in [9.17, 15) is 4.79 Å². The Morgan fingerprint density at radius 1 is 1.47 bits per heavy atom. The Kier molecular flexibility index (Phi) is 2.87. The van der Waals surface area contributed by atoms with Gasteiger partial charge in [0.15, 0.2) is 0 Å². The number of hydrogen-bond donors (Lipinski definition) is 0. The standard InChI is InChI=1S/C11H16N4O2/c1-11(2,3)17-10(16)14-5-4-6-15-9(8-14)7-12-13-15/h4,6-7H,5,8H2,1-3H3. The molecule has 0 N–H and O–H groups in total. The first-order chi connectivity index (χ1) is 7.96. The van der Waals surface area contributed by atoms with Crippen molar-refractivity contribution in [3.8, 4) is 0 Å². The molecule has 6 heteroatoms. The second-order valence-corrected chi connectivity index (χ2v) is 4.92. The van der Waals surface area contributed by atoms with Crippen LogP contribution in [-0.4, -0.2) is 38.1 Å². The van der Waals surface area contributed by atoms with Gasteiger partial charge in [-0.05, 0) is 26.8 Å². The smallest absolute Gasteiger partial charge is 0.410 e. The Morgan fingerprint density at radius 2 is 2.24 bits per heavy atom. The predicted octanol–water partition coefficient (Wildman–Crippen LogP) is 1.50. The third-order valence-corrected chi connectivity index (χ3v) is 2.23. The van der Waals surface area contributed by atoms with Crippen molar-refractivity contribution in [1.29, 1.82) is 0 Å². The molecule has 1 amide bonds. The van der Waals surface area contributed by atoms with Gasteiger partial charge in [-0.3, -0.25) is 4.90 Å². The predicted molar refractivity (Wildman–Crippen MR) is 62.0 cm³/mol. The SMILES string of the molecule is CC(C)(C)OC(=O)N1CC=Cn2nncc2C1. The summed E-state index contributed by atoms with van der Waals surface area (Å²) in [5, 5.41) is 7.68. The topological polar surface area (TPSA) is 60.2 Å².